The molecule has 90 valence electrons. The third-order valence-corrected chi connectivity index (χ3v) is 2.57. The molecule has 0 saturated heterocycles. The number of fused-ring (bicyclic) bond motifs is 1. The van der Waals surface area contributed by atoms with Crippen molar-refractivity contribution in [2.24, 2.45) is 5.73 Å². The van der Waals surface area contributed by atoms with E-state index < -0.39 is 0 Å². The molecule has 0 saturated carbocycles. The molecule has 1 heterocycles. The van der Waals surface area contributed by atoms with Crippen LogP contribution in [0.25, 0.3) is 10.9 Å². The van der Waals surface area contributed by atoms with E-state index in [1.54, 1.807) is 6.07 Å². The number of phenols is 1. The summed E-state index contributed by atoms with van der Waals surface area (Å²) in [4.78, 5) is 7.90. The quantitative estimate of drug-likeness (QED) is 0.640. The van der Waals surface area contributed by atoms with Crippen molar-refractivity contribution >= 4 is 22.5 Å². The molecule has 0 aliphatic heterocycles. The molecule has 0 bridgehead atoms. The van der Waals surface area contributed by atoms with Crippen LogP contribution < -0.4 is 10.5 Å². The maximum absolute atomic E-state index is 9.76. The summed E-state index contributed by atoms with van der Waals surface area (Å²) in [5.74, 6) is 0.395. The molecule has 0 radical (unpaired) electrons. The Morgan fingerprint density at radius 2 is 2.18 bits per heavy atom. The highest BCUT2D eigenvalue weighted by Crippen LogP contribution is 2.32. The topological polar surface area (TPSA) is 81.3 Å². The minimum Gasteiger partial charge on any atom is -0.504 e. The largest absolute Gasteiger partial charge is 0.504 e. The van der Waals surface area contributed by atoms with Crippen LogP contribution in [0.3, 0.4) is 0 Å². The van der Waals surface area contributed by atoms with Crippen molar-refractivity contribution < 1.29 is 9.84 Å². The van der Waals surface area contributed by atoms with Crippen molar-refractivity contribution in [1.82, 2.24) is 9.97 Å². The SMILES string of the molecule is NCCCOc1cc2ncnc(Cl)c2cc1O. The molecule has 5 nitrogen and oxygen atoms in total. The smallest absolute Gasteiger partial charge is 0.163 e. The summed E-state index contributed by atoms with van der Waals surface area (Å²) >= 11 is 5.89. The third kappa shape index (κ3) is 2.57. The van der Waals surface area contributed by atoms with Gasteiger partial charge in [0.05, 0.1) is 12.1 Å². The predicted octanol–water partition coefficient (Wildman–Crippen LogP) is 1.72. The molecule has 2 aromatic rings. The van der Waals surface area contributed by atoms with Gasteiger partial charge < -0.3 is 15.6 Å². The minimum atomic E-state index is 0.0196. The van der Waals surface area contributed by atoms with E-state index in [-0.39, 0.29) is 5.75 Å². The normalized spacial score (nSPS) is 10.7. The Balaban J connectivity index is 2.35. The van der Waals surface area contributed by atoms with Crippen molar-refractivity contribution in [3.63, 3.8) is 0 Å². The van der Waals surface area contributed by atoms with Crippen LogP contribution in [0.1, 0.15) is 6.42 Å². The molecule has 2 rings (SSSR count). The van der Waals surface area contributed by atoms with Crippen LogP contribution in [0.4, 0.5) is 0 Å². The molecule has 0 unspecified atom stereocenters. The van der Waals surface area contributed by atoms with Gasteiger partial charge in [0, 0.05) is 11.5 Å². The van der Waals surface area contributed by atoms with Crippen molar-refractivity contribution in [2.45, 2.75) is 6.42 Å². The zero-order valence-electron chi connectivity index (χ0n) is 9.06. The molecule has 6 heteroatoms. The fourth-order valence-corrected chi connectivity index (χ4v) is 1.62. The van der Waals surface area contributed by atoms with E-state index >= 15 is 0 Å². The molecule has 0 fully saturated rings. The lowest BCUT2D eigenvalue weighted by Gasteiger charge is -2.08. The molecule has 17 heavy (non-hydrogen) atoms. The fraction of sp³-hybridized carbons (Fsp3) is 0.273. The van der Waals surface area contributed by atoms with Gasteiger partial charge in [-0.1, -0.05) is 11.6 Å². The number of nitrogens with zero attached hydrogens (tertiary/aromatic N) is 2. The number of rotatable bonds is 4. The first kappa shape index (κ1) is 11.9. The fourth-order valence-electron chi connectivity index (χ4n) is 1.42. The maximum Gasteiger partial charge on any atom is 0.163 e. The van der Waals surface area contributed by atoms with Gasteiger partial charge in [0.25, 0.3) is 0 Å². The van der Waals surface area contributed by atoms with Gasteiger partial charge in [-0.15, -0.1) is 0 Å². The second-order valence-corrected chi connectivity index (χ2v) is 3.85. The predicted molar refractivity (Wildman–Crippen MR) is 65.4 cm³/mol. The summed E-state index contributed by atoms with van der Waals surface area (Å²) in [6, 6.07) is 3.13. The Bertz CT molecular complexity index is 533. The number of aromatic nitrogens is 2. The number of nitrogens with two attached hydrogens (primary N) is 1. The third-order valence-electron chi connectivity index (χ3n) is 2.27. The molecule has 0 aliphatic rings. The second kappa shape index (κ2) is 5.16. The van der Waals surface area contributed by atoms with Crippen molar-refractivity contribution in [2.75, 3.05) is 13.2 Å². The molecule has 0 amide bonds. The first-order valence-electron chi connectivity index (χ1n) is 5.18. The molecular formula is C11H12ClN3O2. The van der Waals surface area contributed by atoms with Crippen LogP contribution in [-0.4, -0.2) is 28.2 Å². The number of halogens is 1. The molecule has 0 aliphatic carbocycles. The van der Waals surface area contributed by atoms with Crippen LogP contribution >= 0.6 is 11.6 Å². The van der Waals surface area contributed by atoms with Crippen LogP contribution in [0.2, 0.25) is 5.15 Å². The number of benzene rings is 1. The van der Waals surface area contributed by atoms with Gasteiger partial charge in [-0.05, 0) is 19.0 Å². The lowest BCUT2D eigenvalue weighted by atomic mass is 10.2. The molecule has 3 N–H and O–H groups in total. The van der Waals surface area contributed by atoms with Gasteiger partial charge in [-0.3, -0.25) is 0 Å². The first-order valence-corrected chi connectivity index (χ1v) is 5.56. The highest BCUT2D eigenvalue weighted by atomic mass is 35.5. The second-order valence-electron chi connectivity index (χ2n) is 3.49. The van der Waals surface area contributed by atoms with Gasteiger partial charge >= 0.3 is 0 Å². The standard InChI is InChI=1S/C11H12ClN3O2/c12-11-7-4-9(16)10(17-3-1-2-13)5-8(7)14-6-15-11/h4-6,16H,1-3,13H2. The zero-order chi connectivity index (χ0) is 12.3. The van der Waals surface area contributed by atoms with Gasteiger partial charge in [0.2, 0.25) is 0 Å². The Morgan fingerprint density at radius 1 is 1.35 bits per heavy atom. The van der Waals surface area contributed by atoms with E-state index in [1.165, 1.54) is 12.4 Å². The summed E-state index contributed by atoms with van der Waals surface area (Å²) in [6.45, 7) is 0.997. The Morgan fingerprint density at radius 3 is 2.94 bits per heavy atom. The van der Waals surface area contributed by atoms with Gasteiger partial charge in [-0.25, -0.2) is 9.97 Å². The number of aromatic hydroxyl groups is 1. The van der Waals surface area contributed by atoms with E-state index in [4.69, 9.17) is 22.1 Å². The van der Waals surface area contributed by atoms with E-state index in [1.807, 2.05) is 0 Å². The van der Waals surface area contributed by atoms with Crippen LogP contribution in [-0.2, 0) is 0 Å². The van der Waals surface area contributed by atoms with E-state index in [0.717, 1.165) is 6.42 Å². The summed E-state index contributed by atoms with van der Waals surface area (Å²) in [5.41, 5.74) is 5.99. The molecule has 1 aromatic heterocycles. The Labute approximate surface area is 103 Å². The first-order chi connectivity index (χ1) is 8.22. The number of hydrogen-bond donors (Lipinski definition) is 2. The number of ether oxygens (including phenoxy) is 1. The lowest BCUT2D eigenvalue weighted by Crippen LogP contribution is -2.06. The number of phenolic OH excluding ortho intramolecular Hbond substituents is 1. The van der Waals surface area contributed by atoms with Crippen molar-refractivity contribution in [1.29, 1.82) is 0 Å². The molecular weight excluding hydrogens is 242 g/mol. The van der Waals surface area contributed by atoms with Crippen LogP contribution in [0, 0.1) is 0 Å². The Kier molecular flexibility index (Phi) is 3.61. The summed E-state index contributed by atoms with van der Waals surface area (Å²) in [6.07, 6.45) is 2.09. The average Bonchev–Trinajstić information content (AvgIpc) is 2.31. The van der Waals surface area contributed by atoms with Gasteiger partial charge in [0.15, 0.2) is 11.5 Å². The summed E-state index contributed by atoms with van der Waals surface area (Å²) in [7, 11) is 0. The maximum atomic E-state index is 9.76. The van der Waals surface area contributed by atoms with E-state index in [2.05, 4.69) is 9.97 Å². The molecule has 0 atom stereocenters. The monoisotopic (exact) mass is 253 g/mol. The zero-order valence-corrected chi connectivity index (χ0v) is 9.81. The summed E-state index contributed by atoms with van der Waals surface area (Å²) in [5, 5.41) is 10.7. The van der Waals surface area contributed by atoms with Crippen LogP contribution in [0.5, 0.6) is 11.5 Å². The van der Waals surface area contributed by atoms with E-state index in [0.29, 0.717) is 35.0 Å². The highest BCUT2D eigenvalue weighted by molar-refractivity contribution is 6.34. The van der Waals surface area contributed by atoms with Gasteiger partial charge in [0.1, 0.15) is 11.5 Å². The molecule has 0 spiro atoms. The lowest BCUT2D eigenvalue weighted by molar-refractivity contribution is 0.296. The molecule has 1 aromatic carbocycles. The summed E-state index contributed by atoms with van der Waals surface area (Å²) < 4.78 is 5.39. The highest BCUT2D eigenvalue weighted by Gasteiger charge is 2.08. The number of hydrogen-bond acceptors (Lipinski definition) is 5. The Hall–Kier alpha value is -1.59. The minimum absolute atomic E-state index is 0.0196. The van der Waals surface area contributed by atoms with Crippen LogP contribution in [0.15, 0.2) is 18.5 Å². The van der Waals surface area contributed by atoms with Crippen molar-refractivity contribution in [3.05, 3.63) is 23.6 Å². The van der Waals surface area contributed by atoms with Gasteiger partial charge in [-0.2, -0.15) is 0 Å². The van der Waals surface area contributed by atoms with E-state index in [9.17, 15) is 5.11 Å². The average molecular weight is 254 g/mol. The van der Waals surface area contributed by atoms with Crippen molar-refractivity contribution in [3.8, 4) is 11.5 Å².